The number of benzene rings is 3. The fourth-order valence-electron chi connectivity index (χ4n) is 5.99. The van der Waals surface area contributed by atoms with Crippen LogP contribution in [0.5, 0.6) is 17.2 Å². The maximum atomic E-state index is 14.4. The highest BCUT2D eigenvalue weighted by Crippen LogP contribution is 2.33. The molecule has 11 nitrogen and oxygen atoms in total. The Labute approximate surface area is 283 Å². The van der Waals surface area contributed by atoms with Crippen molar-refractivity contribution in [1.29, 1.82) is 0 Å². The minimum absolute atomic E-state index is 0.104. The van der Waals surface area contributed by atoms with E-state index in [1.165, 1.54) is 18.2 Å². The van der Waals surface area contributed by atoms with E-state index in [4.69, 9.17) is 18.9 Å². The second kappa shape index (κ2) is 16.0. The molecule has 2 aliphatic rings. The molecule has 3 aromatic rings. The molecule has 1 amide bonds. The third-order valence-electron chi connectivity index (χ3n) is 8.74. The lowest BCUT2D eigenvalue weighted by molar-refractivity contribution is -0.0177. The third-order valence-corrected chi connectivity index (χ3v) is 10.1. The summed E-state index contributed by atoms with van der Waals surface area (Å²) in [5.74, 6) is 1.38. The van der Waals surface area contributed by atoms with Crippen molar-refractivity contribution in [2.24, 2.45) is 5.92 Å². The lowest BCUT2D eigenvalue weighted by Crippen LogP contribution is -2.47. The molecule has 48 heavy (non-hydrogen) atoms. The molecule has 5 rings (SSSR count). The fourth-order valence-corrected chi connectivity index (χ4v) is 7.06. The molecule has 2 aliphatic heterocycles. The maximum Gasteiger partial charge on any atom is 0.261 e. The lowest BCUT2D eigenvalue weighted by atomic mass is 10.0. The van der Waals surface area contributed by atoms with Crippen LogP contribution >= 0.6 is 0 Å². The van der Waals surface area contributed by atoms with Gasteiger partial charge in [0, 0.05) is 37.8 Å². The van der Waals surface area contributed by atoms with Crippen LogP contribution < -0.4 is 18.9 Å². The number of nitrogens with zero attached hydrogens (tertiary/aromatic N) is 2. The van der Waals surface area contributed by atoms with Gasteiger partial charge in [0.15, 0.2) is 11.5 Å². The Hall–Kier alpha value is -3.84. The molecule has 0 saturated heterocycles. The van der Waals surface area contributed by atoms with Crippen LogP contribution in [0.1, 0.15) is 56.0 Å². The standard InChI is InChI=1S/C36H47N3O8S/c1-25-20-39(26(2)23-40)36(41)31-19-29(37-48(42,43)30-11-6-5-7-12-30)14-16-32(31)47-27(3)10-8-9-17-44-35(25)22-38(4)21-28-13-15-33-34(18-28)46-24-45-33/h5-7,11-16,18-19,25-27,35,37,40H,8-10,17,20-24H2,1-4H3/t25-,26-,27-,35-/m1/s1. The van der Waals surface area contributed by atoms with E-state index in [1.54, 1.807) is 42.2 Å². The van der Waals surface area contributed by atoms with Crippen LogP contribution in [0.15, 0.2) is 71.6 Å². The van der Waals surface area contributed by atoms with Crippen LogP contribution in [0.3, 0.4) is 0 Å². The Bertz CT molecular complexity index is 1640. The SMILES string of the molecule is C[C@@H]1CCCCO[C@H](CN(C)Cc2ccc3c(c2)OCO3)[C@H](C)CN([C@H](C)CO)C(=O)c2cc(NS(=O)(=O)c3ccccc3)ccc2O1. The van der Waals surface area contributed by atoms with Crippen molar-refractivity contribution in [3.05, 3.63) is 77.9 Å². The van der Waals surface area contributed by atoms with Gasteiger partial charge in [0.2, 0.25) is 6.79 Å². The zero-order valence-electron chi connectivity index (χ0n) is 28.1. The van der Waals surface area contributed by atoms with Crippen molar-refractivity contribution in [2.75, 3.05) is 44.9 Å². The molecule has 2 heterocycles. The van der Waals surface area contributed by atoms with E-state index in [0.29, 0.717) is 32.0 Å². The number of hydrogen-bond donors (Lipinski definition) is 2. The maximum absolute atomic E-state index is 14.4. The zero-order chi connectivity index (χ0) is 34.3. The Morgan fingerprint density at radius 2 is 1.75 bits per heavy atom. The average molecular weight is 682 g/mol. The summed E-state index contributed by atoms with van der Waals surface area (Å²) in [6, 6.07) is 18.3. The van der Waals surface area contributed by atoms with Crippen molar-refractivity contribution in [2.45, 2.75) is 69.7 Å². The molecule has 0 unspecified atom stereocenters. The summed E-state index contributed by atoms with van der Waals surface area (Å²) in [5.41, 5.74) is 1.54. The van der Waals surface area contributed by atoms with Crippen LogP contribution in [-0.4, -0.2) is 87.6 Å². The predicted molar refractivity (Wildman–Crippen MR) is 183 cm³/mol. The molecule has 0 radical (unpaired) electrons. The van der Waals surface area contributed by atoms with Gasteiger partial charge in [0.05, 0.1) is 35.3 Å². The quantitative estimate of drug-likeness (QED) is 0.316. The fraction of sp³-hybridized carbons (Fsp3) is 0.472. The van der Waals surface area contributed by atoms with E-state index >= 15 is 0 Å². The summed E-state index contributed by atoms with van der Waals surface area (Å²) in [6.07, 6.45) is 2.08. The first-order valence-corrected chi connectivity index (χ1v) is 18.0. The van der Waals surface area contributed by atoms with Gasteiger partial charge in [0.1, 0.15) is 5.75 Å². The number of sulfonamides is 1. The monoisotopic (exact) mass is 681 g/mol. The third kappa shape index (κ3) is 8.98. The highest BCUT2D eigenvalue weighted by molar-refractivity contribution is 7.92. The molecule has 0 saturated carbocycles. The van der Waals surface area contributed by atoms with Gasteiger partial charge in [-0.25, -0.2) is 8.42 Å². The lowest BCUT2D eigenvalue weighted by Gasteiger charge is -2.36. The first kappa shape index (κ1) is 35.5. The molecule has 0 bridgehead atoms. The molecule has 0 spiro atoms. The molecule has 4 atom stereocenters. The number of aliphatic hydroxyl groups is 1. The predicted octanol–water partition coefficient (Wildman–Crippen LogP) is 5.14. The van der Waals surface area contributed by atoms with Crippen molar-refractivity contribution in [3.8, 4) is 17.2 Å². The first-order chi connectivity index (χ1) is 23.0. The second-order valence-corrected chi connectivity index (χ2v) is 14.5. The second-order valence-electron chi connectivity index (χ2n) is 12.8. The molecular formula is C36H47N3O8S. The number of amides is 1. The van der Waals surface area contributed by atoms with Gasteiger partial charge in [0.25, 0.3) is 15.9 Å². The normalized spacial score (nSPS) is 21.2. The molecule has 12 heteroatoms. The van der Waals surface area contributed by atoms with Gasteiger partial charge in [-0.3, -0.25) is 14.4 Å². The summed E-state index contributed by atoms with van der Waals surface area (Å²) in [4.78, 5) is 18.3. The molecule has 260 valence electrons. The van der Waals surface area contributed by atoms with Gasteiger partial charge >= 0.3 is 0 Å². The zero-order valence-corrected chi connectivity index (χ0v) is 28.9. The Morgan fingerprint density at radius 1 is 1.00 bits per heavy atom. The number of anilines is 1. The number of ether oxygens (including phenoxy) is 4. The molecule has 2 N–H and O–H groups in total. The van der Waals surface area contributed by atoms with E-state index in [1.807, 2.05) is 32.2 Å². The number of likely N-dealkylation sites (N-methyl/N-ethyl adjacent to an activating group) is 1. The van der Waals surface area contributed by atoms with E-state index in [0.717, 1.165) is 36.3 Å². The number of carbonyl (C=O) groups excluding carboxylic acids is 1. The van der Waals surface area contributed by atoms with E-state index in [9.17, 15) is 18.3 Å². The molecule has 0 fully saturated rings. The van der Waals surface area contributed by atoms with Crippen molar-refractivity contribution >= 4 is 21.6 Å². The van der Waals surface area contributed by atoms with Gasteiger partial charge < -0.3 is 29.0 Å². The van der Waals surface area contributed by atoms with Gasteiger partial charge in [-0.2, -0.15) is 0 Å². The number of nitrogens with one attached hydrogen (secondary N) is 1. The smallest absolute Gasteiger partial charge is 0.261 e. The number of aliphatic hydroxyl groups excluding tert-OH is 1. The molecular weight excluding hydrogens is 634 g/mol. The summed E-state index contributed by atoms with van der Waals surface area (Å²) < 4.78 is 52.7. The summed E-state index contributed by atoms with van der Waals surface area (Å²) in [6.45, 7) is 7.94. The number of hydrogen-bond acceptors (Lipinski definition) is 9. The highest BCUT2D eigenvalue weighted by Gasteiger charge is 2.31. The summed E-state index contributed by atoms with van der Waals surface area (Å²) >= 11 is 0. The molecule has 0 aromatic heterocycles. The van der Waals surface area contributed by atoms with Gasteiger partial charge in [-0.15, -0.1) is 0 Å². The number of rotatable bonds is 9. The average Bonchev–Trinajstić information content (AvgIpc) is 3.54. The highest BCUT2D eigenvalue weighted by atomic mass is 32.2. The van der Waals surface area contributed by atoms with Crippen LogP contribution in [0.4, 0.5) is 5.69 Å². The van der Waals surface area contributed by atoms with Gasteiger partial charge in [-0.1, -0.05) is 31.2 Å². The van der Waals surface area contributed by atoms with Crippen LogP contribution in [0.2, 0.25) is 0 Å². The number of fused-ring (bicyclic) bond motifs is 2. The van der Waals surface area contributed by atoms with E-state index in [2.05, 4.69) is 16.5 Å². The van der Waals surface area contributed by atoms with Gasteiger partial charge in [-0.05, 0) is 88.2 Å². The Balaban J connectivity index is 1.40. The molecule has 0 aliphatic carbocycles. The minimum atomic E-state index is -3.90. The van der Waals surface area contributed by atoms with Crippen LogP contribution in [-0.2, 0) is 21.3 Å². The van der Waals surface area contributed by atoms with Crippen molar-refractivity contribution in [3.63, 3.8) is 0 Å². The Morgan fingerprint density at radius 3 is 2.52 bits per heavy atom. The van der Waals surface area contributed by atoms with Crippen LogP contribution in [0.25, 0.3) is 0 Å². The Kier molecular flexibility index (Phi) is 11.9. The first-order valence-electron chi connectivity index (χ1n) is 16.5. The van der Waals surface area contributed by atoms with Crippen molar-refractivity contribution < 1.29 is 37.3 Å². The van der Waals surface area contributed by atoms with Crippen LogP contribution in [0, 0.1) is 5.92 Å². The largest absolute Gasteiger partial charge is 0.490 e. The number of carbonyl (C=O) groups is 1. The van der Waals surface area contributed by atoms with E-state index < -0.39 is 16.1 Å². The topological polar surface area (TPSA) is 127 Å². The van der Waals surface area contributed by atoms with E-state index in [-0.39, 0.29) is 53.6 Å². The van der Waals surface area contributed by atoms with Crippen molar-refractivity contribution in [1.82, 2.24) is 9.80 Å². The minimum Gasteiger partial charge on any atom is -0.490 e. The molecule has 3 aromatic carbocycles. The summed E-state index contributed by atoms with van der Waals surface area (Å²) in [5, 5.41) is 10.3. The summed E-state index contributed by atoms with van der Waals surface area (Å²) in [7, 11) is -1.85.